The number of piperidine rings is 1. The highest BCUT2D eigenvalue weighted by molar-refractivity contribution is 7.89. The summed E-state index contributed by atoms with van der Waals surface area (Å²) in [6.45, 7) is 0.554. The van der Waals surface area contributed by atoms with E-state index >= 15 is 0 Å². The highest BCUT2D eigenvalue weighted by atomic mass is 32.2. The summed E-state index contributed by atoms with van der Waals surface area (Å²) in [6, 6.07) is 10.0. The largest absolute Gasteiger partial charge is 0.489 e. The summed E-state index contributed by atoms with van der Waals surface area (Å²) in [5, 5.41) is 20.7. The van der Waals surface area contributed by atoms with Crippen molar-refractivity contribution >= 4 is 16.1 Å². The van der Waals surface area contributed by atoms with E-state index in [0.717, 1.165) is 0 Å². The minimum absolute atomic E-state index is 0.190. The van der Waals surface area contributed by atoms with Gasteiger partial charge in [0.05, 0.1) is 11.3 Å². The van der Waals surface area contributed by atoms with E-state index in [1.54, 1.807) is 42.7 Å². The van der Waals surface area contributed by atoms with Crippen molar-refractivity contribution in [1.82, 2.24) is 19.6 Å². The second kappa shape index (κ2) is 11.6. The van der Waals surface area contributed by atoms with Crippen molar-refractivity contribution in [3.05, 3.63) is 54.1 Å². The molecule has 0 aliphatic carbocycles. The van der Waals surface area contributed by atoms with E-state index in [0.29, 0.717) is 49.2 Å². The number of benzene rings is 1. The van der Waals surface area contributed by atoms with Crippen LogP contribution in [0.4, 0.5) is 4.79 Å². The number of nitrogens with zero attached hydrogens (tertiary/aromatic N) is 4. The SMILES string of the molecule is N#Cc1ccccc1OC1CCN(S(=O)(=O)CC(CCCc2ncccn2)NC(=O)O)CC1. The zero-order chi connectivity index (χ0) is 23.7. The highest BCUT2D eigenvalue weighted by Gasteiger charge is 2.31. The Morgan fingerprint density at radius 3 is 2.61 bits per heavy atom. The van der Waals surface area contributed by atoms with Gasteiger partial charge in [0.25, 0.3) is 0 Å². The highest BCUT2D eigenvalue weighted by Crippen LogP contribution is 2.24. The maximum Gasteiger partial charge on any atom is 0.404 e. The maximum atomic E-state index is 13.0. The number of carbonyl (C=O) groups is 1. The number of nitriles is 1. The molecule has 0 spiro atoms. The Balaban J connectivity index is 1.53. The van der Waals surface area contributed by atoms with Crippen molar-refractivity contribution in [2.45, 2.75) is 44.2 Å². The standard InChI is InChI=1S/C22H27N5O5S/c23-15-17-5-1-2-7-20(17)32-19-9-13-27(14-10-19)33(30,31)16-18(26-22(28)29)6-3-8-21-24-11-4-12-25-21/h1-2,4-5,7,11-12,18-19,26H,3,6,8-10,13-14,16H2,(H,28,29). The van der Waals surface area contributed by atoms with Gasteiger partial charge in [0, 0.05) is 37.9 Å². The molecule has 2 N–H and O–H groups in total. The summed E-state index contributed by atoms with van der Waals surface area (Å²) in [5.74, 6) is 0.821. The minimum atomic E-state index is -3.66. The van der Waals surface area contributed by atoms with E-state index in [-0.39, 0.29) is 24.9 Å². The number of nitrogens with one attached hydrogen (secondary N) is 1. The van der Waals surface area contributed by atoms with Gasteiger partial charge in [0.2, 0.25) is 10.0 Å². The van der Waals surface area contributed by atoms with Gasteiger partial charge < -0.3 is 15.2 Å². The summed E-state index contributed by atoms with van der Waals surface area (Å²) >= 11 is 0. The van der Waals surface area contributed by atoms with Gasteiger partial charge in [-0.15, -0.1) is 0 Å². The summed E-state index contributed by atoms with van der Waals surface area (Å²) in [5.41, 5.74) is 0.441. The van der Waals surface area contributed by atoms with E-state index in [9.17, 15) is 18.5 Å². The van der Waals surface area contributed by atoms with Crippen LogP contribution in [0.15, 0.2) is 42.7 Å². The molecule has 1 fully saturated rings. The molecule has 3 rings (SSSR count). The van der Waals surface area contributed by atoms with Gasteiger partial charge in [-0.1, -0.05) is 12.1 Å². The molecule has 176 valence electrons. The average molecular weight is 474 g/mol. The lowest BCUT2D eigenvalue weighted by Crippen LogP contribution is -2.47. The lowest BCUT2D eigenvalue weighted by Gasteiger charge is -2.32. The van der Waals surface area contributed by atoms with E-state index < -0.39 is 22.2 Å². The van der Waals surface area contributed by atoms with Crippen LogP contribution in [0.2, 0.25) is 0 Å². The molecule has 1 atom stereocenters. The Bertz CT molecular complexity index is 1070. The average Bonchev–Trinajstić information content (AvgIpc) is 2.80. The third-order valence-corrected chi connectivity index (χ3v) is 7.38. The molecule has 33 heavy (non-hydrogen) atoms. The smallest absolute Gasteiger partial charge is 0.404 e. The molecule has 10 nitrogen and oxygen atoms in total. The molecule has 1 unspecified atom stereocenters. The normalized spacial score (nSPS) is 16.0. The van der Waals surface area contributed by atoms with Gasteiger partial charge in [-0.05, 0) is 43.9 Å². The van der Waals surface area contributed by atoms with Crippen LogP contribution in [0.1, 0.15) is 37.1 Å². The number of sulfonamides is 1. The minimum Gasteiger partial charge on any atom is -0.489 e. The Morgan fingerprint density at radius 1 is 1.24 bits per heavy atom. The van der Waals surface area contributed by atoms with E-state index in [4.69, 9.17) is 9.84 Å². The van der Waals surface area contributed by atoms with Gasteiger partial charge >= 0.3 is 6.09 Å². The van der Waals surface area contributed by atoms with Gasteiger partial charge in [0.1, 0.15) is 23.7 Å². The molecule has 0 saturated carbocycles. The predicted molar refractivity (Wildman–Crippen MR) is 120 cm³/mol. The molecular formula is C22H27N5O5S. The van der Waals surface area contributed by atoms with Crippen LogP contribution in [-0.4, -0.2) is 64.9 Å². The van der Waals surface area contributed by atoms with Crippen LogP contribution in [-0.2, 0) is 16.4 Å². The molecule has 2 heterocycles. The predicted octanol–water partition coefficient (Wildman–Crippen LogP) is 2.18. The Labute approximate surface area is 193 Å². The van der Waals surface area contributed by atoms with Crippen molar-refractivity contribution in [2.75, 3.05) is 18.8 Å². The van der Waals surface area contributed by atoms with Crippen molar-refractivity contribution < 1.29 is 23.1 Å². The van der Waals surface area contributed by atoms with Gasteiger partial charge in [-0.25, -0.2) is 27.5 Å². The van der Waals surface area contributed by atoms with Crippen molar-refractivity contribution in [2.24, 2.45) is 0 Å². The van der Waals surface area contributed by atoms with E-state index in [1.165, 1.54) is 4.31 Å². The Morgan fingerprint density at radius 2 is 1.94 bits per heavy atom. The second-order valence-corrected chi connectivity index (χ2v) is 9.82. The first-order valence-corrected chi connectivity index (χ1v) is 12.4. The van der Waals surface area contributed by atoms with E-state index in [1.807, 2.05) is 0 Å². The summed E-state index contributed by atoms with van der Waals surface area (Å²) in [6.07, 6.45) is 4.23. The van der Waals surface area contributed by atoms with Crippen LogP contribution < -0.4 is 10.1 Å². The number of ether oxygens (including phenoxy) is 1. The number of hydrogen-bond acceptors (Lipinski definition) is 7. The summed E-state index contributed by atoms with van der Waals surface area (Å²) in [4.78, 5) is 19.4. The number of rotatable bonds is 10. The van der Waals surface area contributed by atoms with Gasteiger partial charge in [-0.3, -0.25) is 0 Å². The van der Waals surface area contributed by atoms with Crippen molar-refractivity contribution in [1.29, 1.82) is 5.26 Å². The zero-order valence-corrected chi connectivity index (χ0v) is 18.9. The molecule has 1 amide bonds. The van der Waals surface area contributed by atoms with Crippen LogP contribution in [0.25, 0.3) is 0 Å². The van der Waals surface area contributed by atoms with Crippen molar-refractivity contribution in [3.63, 3.8) is 0 Å². The fourth-order valence-electron chi connectivity index (χ4n) is 3.77. The fraction of sp³-hybridized carbons (Fsp3) is 0.455. The molecule has 11 heteroatoms. The number of aryl methyl sites for hydroxylation is 1. The molecule has 1 aromatic carbocycles. The third-order valence-electron chi connectivity index (χ3n) is 5.41. The summed E-state index contributed by atoms with van der Waals surface area (Å²) < 4.78 is 33.2. The fourth-order valence-corrected chi connectivity index (χ4v) is 5.50. The van der Waals surface area contributed by atoms with Gasteiger partial charge in [0.15, 0.2) is 0 Å². The monoisotopic (exact) mass is 473 g/mol. The zero-order valence-electron chi connectivity index (χ0n) is 18.1. The first-order chi connectivity index (χ1) is 15.9. The van der Waals surface area contributed by atoms with Crippen molar-refractivity contribution in [3.8, 4) is 11.8 Å². The van der Waals surface area contributed by atoms with Crippen LogP contribution >= 0.6 is 0 Å². The second-order valence-electron chi connectivity index (χ2n) is 7.81. The molecule has 0 radical (unpaired) electrons. The van der Waals surface area contributed by atoms with Gasteiger partial charge in [-0.2, -0.15) is 5.26 Å². The first kappa shape index (κ1) is 24.4. The molecule has 1 aliphatic rings. The van der Waals surface area contributed by atoms with E-state index in [2.05, 4.69) is 21.4 Å². The van der Waals surface area contributed by atoms with Crippen LogP contribution in [0.3, 0.4) is 0 Å². The number of para-hydroxylation sites is 1. The molecule has 1 aliphatic heterocycles. The molecule has 2 aromatic rings. The maximum absolute atomic E-state index is 13.0. The number of amides is 1. The molecule has 1 aromatic heterocycles. The molecular weight excluding hydrogens is 446 g/mol. The lowest BCUT2D eigenvalue weighted by molar-refractivity contribution is 0.134. The quantitative estimate of drug-likeness (QED) is 0.534. The molecule has 0 bridgehead atoms. The molecule has 1 saturated heterocycles. The Hall–Kier alpha value is -3.23. The topological polar surface area (TPSA) is 146 Å². The van der Waals surface area contributed by atoms with Crippen LogP contribution in [0, 0.1) is 11.3 Å². The first-order valence-electron chi connectivity index (χ1n) is 10.8. The number of hydrogen-bond donors (Lipinski definition) is 2. The number of aromatic nitrogens is 2. The lowest BCUT2D eigenvalue weighted by atomic mass is 10.1. The third kappa shape index (κ3) is 7.40. The summed E-state index contributed by atoms with van der Waals surface area (Å²) in [7, 11) is -3.66. The number of carboxylic acid groups (broad SMARTS) is 1. The Kier molecular flexibility index (Phi) is 8.57. The van der Waals surface area contributed by atoms with Crippen LogP contribution in [0.5, 0.6) is 5.75 Å².